The number of alkyl halides is 1. The van der Waals surface area contributed by atoms with Crippen LogP contribution in [0.25, 0.3) is 0 Å². The van der Waals surface area contributed by atoms with Crippen LogP contribution in [0.4, 0.5) is 0 Å². The van der Waals surface area contributed by atoms with Crippen molar-refractivity contribution in [3.63, 3.8) is 0 Å². The van der Waals surface area contributed by atoms with E-state index in [0.717, 1.165) is 5.75 Å². The summed E-state index contributed by atoms with van der Waals surface area (Å²) in [4.78, 5) is 4.06. The topological polar surface area (TPSA) is 12.4 Å². The third-order valence-electron chi connectivity index (χ3n) is 0.813. The Morgan fingerprint density at radius 3 is 3.14 bits per heavy atom. The fraction of sp³-hybridized carbons (Fsp3) is 0.750. The minimum atomic E-state index is 0.395. The third-order valence-corrected chi connectivity index (χ3v) is 2.02. The molecule has 1 rings (SSSR count). The van der Waals surface area contributed by atoms with E-state index in [1.54, 1.807) is 11.8 Å². The molecule has 0 aliphatic carbocycles. The van der Waals surface area contributed by atoms with Crippen LogP contribution in [0.15, 0.2) is 4.99 Å². The van der Waals surface area contributed by atoms with Crippen molar-refractivity contribution in [2.75, 3.05) is 11.6 Å². The molecule has 0 spiro atoms. The summed E-state index contributed by atoms with van der Waals surface area (Å²) in [6, 6.07) is 0.395. The molecule has 0 radical (unpaired) electrons. The Balaban J connectivity index is 2.28. The van der Waals surface area contributed by atoms with Gasteiger partial charge in [0.15, 0.2) is 0 Å². The summed E-state index contributed by atoms with van der Waals surface area (Å²) in [7, 11) is 0. The van der Waals surface area contributed by atoms with Crippen LogP contribution in [-0.4, -0.2) is 23.2 Å². The summed E-state index contributed by atoms with van der Waals surface area (Å²) in [5.74, 6) is 1.74. The Hall–Kier alpha value is 0.310. The minimum Gasteiger partial charge on any atom is -0.281 e. The highest BCUT2D eigenvalue weighted by Gasteiger charge is 2.07. The highest BCUT2D eigenvalue weighted by atomic mass is 35.5. The summed E-state index contributed by atoms with van der Waals surface area (Å²) in [6.45, 7) is 0. The third kappa shape index (κ3) is 1.35. The van der Waals surface area contributed by atoms with Crippen LogP contribution in [0.5, 0.6) is 0 Å². The Kier molecular flexibility index (Phi) is 2.00. The van der Waals surface area contributed by atoms with Gasteiger partial charge < -0.3 is 0 Å². The highest BCUT2D eigenvalue weighted by Crippen LogP contribution is 2.11. The first-order chi connectivity index (χ1) is 3.43. The van der Waals surface area contributed by atoms with E-state index in [9.17, 15) is 0 Å². The quantitative estimate of drug-likeness (QED) is 0.495. The molecule has 0 aromatic rings. The van der Waals surface area contributed by atoms with E-state index in [-0.39, 0.29) is 0 Å². The van der Waals surface area contributed by atoms with Crippen LogP contribution >= 0.6 is 23.4 Å². The Morgan fingerprint density at radius 1 is 2.00 bits per heavy atom. The van der Waals surface area contributed by atoms with Gasteiger partial charge in [-0.25, -0.2) is 0 Å². The van der Waals surface area contributed by atoms with Crippen LogP contribution < -0.4 is 0 Å². The molecule has 40 valence electrons. The predicted molar refractivity (Wildman–Crippen MR) is 35.5 cm³/mol. The molecule has 1 unspecified atom stereocenters. The van der Waals surface area contributed by atoms with E-state index in [1.165, 1.54) is 0 Å². The SMILES string of the molecule is ClCC1CSC=N1. The zero-order valence-corrected chi connectivity index (χ0v) is 5.37. The van der Waals surface area contributed by atoms with E-state index < -0.39 is 0 Å². The zero-order valence-electron chi connectivity index (χ0n) is 3.80. The number of rotatable bonds is 1. The molecular weight excluding hydrogens is 130 g/mol. The molecule has 1 atom stereocenters. The van der Waals surface area contributed by atoms with Gasteiger partial charge in [-0.2, -0.15) is 0 Å². The smallest absolute Gasteiger partial charge is 0.0735 e. The van der Waals surface area contributed by atoms with Gasteiger partial charge in [-0.05, 0) is 0 Å². The molecule has 0 fully saturated rings. The van der Waals surface area contributed by atoms with Crippen molar-refractivity contribution in [3.8, 4) is 0 Å². The lowest BCUT2D eigenvalue weighted by molar-refractivity contribution is 0.876. The van der Waals surface area contributed by atoms with Crippen LogP contribution in [0.1, 0.15) is 0 Å². The van der Waals surface area contributed by atoms with Crippen molar-refractivity contribution < 1.29 is 0 Å². The van der Waals surface area contributed by atoms with E-state index in [4.69, 9.17) is 11.6 Å². The van der Waals surface area contributed by atoms with Crippen LogP contribution in [-0.2, 0) is 0 Å². The second kappa shape index (κ2) is 2.58. The number of halogens is 1. The second-order valence-corrected chi connectivity index (χ2v) is 2.58. The lowest BCUT2D eigenvalue weighted by atomic mass is 10.4. The predicted octanol–water partition coefficient (Wildman–Crippen LogP) is 1.37. The van der Waals surface area contributed by atoms with Gasteiger partial charge in [0.2, 0.25) is 0 Å². The fourth-order valence-electron chi connectivity index (χ4n) is 0.411. The van der Waals surface area contributed by atoms with Gasteiger partial charge in [0, 0.05) is 11.6 Å². The molecular formula is C4H6ClNS. The Morgan fingerprint density at radius 2 is 2.86 bits per heavy atom. The fourth-order valence-corrected chi connectivity index (χ4v) is 1.50. The lowest BCUT2D eigenvalue weighted by Crippen LogP contribution is -2.03. The first kappa shape index (κ1) is 5.45. The Bertz CT molecular complexity index is 83.8. The van der Waals surface area contributed by atoms with E-state index >= 15 is 0 Å². The molecule has 1 aliphatic rings. The van der Waals surface area contributed by atoms with Crippen molar-refractivity contribution in [3.05, 3.63) is 0 Å². The summed E-state index contributed by atoms with van der Waals surface area (Å²) >= 11 is 7.21. The van der Waals surface area contributed by atoms with Gasteiger partial charge in [-0.15, -0.1) is 23.4 Å². The first-order valence-electron chi connectivity index (χ1n) is 2.12. The maximum atomic E-state index is 5.48. The molecule has 0 bridgehead atoms. The second-order valence-electron chi connectivity index (χ2n) is 1.40. The maximum Gasteiger partial charge on any atom is 0.0735 e. The van der Waals surface area contributed by atoms with Gasteiger partial charge >= 0.3 is 0 Å². The average molecular weight is 136 g/mol. The van der Waals surface area contributed by atoms with Crippen LogP contribution in [0.2, 0.25) is 0 Å². The van der Waals surface area contributed by atoms with E-state index in [2.05, 4.69) is 4.99 Å². The Labute approximate surface area is 52.1 Å². The number of thioether (sulfide) groups is 1. The van der Waals surface area contributed by atoms with Gasteiger partial charge in [0.1, 0.15) is 0 Å². The number of nitrogens with zero attached hydrogens (tertiary/aromatic N) is 1. The van der Waals surface area contributed by atoms with Crippen LogP contribution in [0.3, 0.4) is 0 Å². The monoisotopic (exact) mass is 135 g/mol. The molecule has 0 saturated heterocycles. The van der Waals surface area contributed by atoms with Crippen molar-refractivity contribution in [2.24, 2.45) is 4.99 Å². The summed E-state index contributed by atoms with van der Waals surface area (Å²) in [6.07, 6.45) is 0. The molecule has 0 aromatic carbocycles. The molecule has 3 heteroatoms. The molecule has 0 amide bonds. The number of hydrogen-bond acceptors (Lipinski definition) is 2. The summed E-state index contributed by atoms with van der Waals surface area (Å²) in [5.41, 5.74) is 1.87. The standard InChI is InChI=1S/C4H6ClNS/c5-1-4-2-7-3-6-4/h3-4H,1-2H2. The molecule has 0 aromatic heterocycles. The summed E-state index contributed by atoms with van der Waals surface area (Å²) in [5, 5.41) is 0. The van der Waals surface area contributed by atoms with Crippen molar-refractivity contribution >= 4 is 28.9 Å². The molecule has 0 saturated carbocycles. The maximum absolute atomic E-state index is 5.48. The van der Waals surface area contributed by atoms with Gasteiger partial charge in [0.05, 0.1) is 11.6 Å². The van der Waals surface area contributed by atoms with Gasteiger partial charge in [-0.3, -0.25) is 4.99 Å². The molecule has 1 aliphatic heterocycles. The van der Waals surface area contributed by atoms with E-state index in [0.29, 0.717) is 11.9 Å². The first-order valence-corrected chi connectivity index (χ1v) is 3.71. The number of hydrogen-bond donors (Lipinski definition) is 0. The van der Waals surface area contributed by atoms with E-state index in [1.807, 2.05) is 5.55 Å². The molecule has 0 N–H and O–H groups in total. The lowest BCUT2D eigenvalue weighted by Gasteiger charge is -1.94. The van der Waals surface area contributed by atoms with Crippen molar-refractivity contribution in [1.29, 1.82) is 0 Å². The van der Waals surface area contributed by atoms with Crippen molar-refractivity contribution in [1.82, 2.24) is 0 Å². The van der Waals surface area contributed by atoms with Crippen molar-refractivity contribution in [2.45, 2.75) is 6.04 Å². The number of aliphatic imine (C=N–C) groups is 1. The zero-order chi connectivity index (χ0) is 5.11. The molecule has 1 heterocycles. The normalized spacial score (nSPS) is 29.0. The molecule has 1 nitrogen and oxygen atoms in total. The summed E-state index contributed by atoms with van der Waals surface area (Å²) < 4.78 is 0. The highest BCUT2D eigenvalue weighted by molar-refractivity contribution is 8.12. The van der Waals surface area contributed by atoms with Gasteiger partial charge in [-0.1, -0.05) is 0 Å². The average Bonchev–Trinajstić information content (AvgIpc) is 2.14. The molecule has 7 heavy (non-hydrogen) atoms. The minimum absolute atomic E-state index is 0.395. The van der Waals surface area contributed by atoms with Gasteiger partial charge in [0.25, 0.3) is 0 Å². The van der Waals surface area contributed by atoms with Crippen LogP contribution in [0, 0.1) is 0 Å². The largest absolute Gasteiger partial charge is 0.281 e.